The highest BCUT2D eigenvalue weighted by Crippen LogP contribution is 2.31. The van der Waals surface area contributed by atoms with Crippen LogP contribution in [0.5, 0.6) is 0 Å². The van der Waals surface area contributed by atoms with Crippen molar-refractivity contribution in [2.24, 2.45) is 0 Å². The standard InChI is InChI=1S/C21H21ClN4O3S/c1-24(2)12-3-13-25(21-23-18-10-7-16(22)14-19(18)30-21)20(27)11-6-15-4-8-17(9-5-15)26(28)29/h4-11,14H,3,12-13H2,1-2H3/b11-6-. The van der Waals surface area contributed by atoms with Gasteiger partial charge in [-0.25, -0.2) is 4.98 Å². The van der Waals surface area contributed by atoms with E-state index in [0.717, 1.165) is 23.2 Å². The van der Waals surface area contributed by atoms with Gasteiger partial charge in [-0.3, -0.25) is 19.8 Å². The minimum atomic E-state index is -0.454. The smallest absolute Gasteiger partial charge is 0.269 e. The normalized spacial score (nSPS) is 11.5. The summed E-state index contributed by atoms with van der Waals surface area (Å²) in [6.45, 7) is 1.36. The number of nitrogens with zero attached hydrogens (tertiary/aromatic N) is 4. The van der Waals surface area contributed by atoms with Crippen LogP contribution in [0.2, 0.25) is 5.02 Å². The number of rotatable bonds is 8. The van der Waals surface area contributed by atoms with Crippen molar-refractivity contribution in [3.63, 3.8) is 0 Å². The maximum absolute atomic E-state index is 13.0. The molecule has 0 spiro atoms. The molecule has 0 aliphatic carbocycles. The summed E-state index contributed by atoms with van der Waals surface area (Å²) in [7, 11) is 3.97. The number of fused-ring (bicyclic) bond motifs is 1. The Morgan fingerprint density at radius 3 is 2.60 bits per heavy atom. The van der Waals surface area contributed by atoms with E-state index in [1.165, 1.54) is 29.5 Å². The zero-order valence-electron chi connectivity index (χ0n) is 16.6. The lowest BCUT2D eigenvalue weighted by Crippen LogP contribution is -2.32. The van der Waals surface area contributed by atoms with Crippen molar-refractivity contribution in [1.29, 1.82) is 0 Å². The van der Waals surface area contributed by atoms with Gasteiger partial charge < -0.3 is 4.90 Å². The summed E-state index contributed by atoms with van der Waals surface area (Å²) in [5.41, 5.74) is 1.51. The molecule has 9 heteroatoms. The fourth-order valence-corrected chi connectivity index (χ4v) is 4.08. The predicted octanol–water partition coefficient (Wildman–Crippen LogP) is 4.86. The van der Waals surface area contributed by atoms with E-state index in [-0.39, 0.29) is 11.6 Å². The van der Waals surface area contributed by atoms with Crippen molar-refractivity contribution in [3.8, 4) is 0 Å². The Balaban J connectivity index is 1.82. The van der Waals surface area contributed by atoms with Gasteiger partial charge in [0.05, 0.1) is 15.1 Å². The minimum Gasteiger partial charge on any atom is -0.309 e. The molecule has 0 saturated carbocycles. The van der Waals surface area contributed by atoms with Crippen LogP contribution in [0.4, 0.5) is 10.8 Å². The first-order valence-corrected chi connectivity index (χ1v) is 10.5. The highest BCUT2D eigenvalue weighted by molar-refractivity contribution is 7.22. The zero-order chi connectivity index (χ0) is 21.7. The molecule has 1 heterocycles. The average Bonchev–Trinajstić information content (AvgIpc) is 3.12. The second-order valence-electron chi connectivity index (χ2n) is 6.94. The monoisotopic (exact) mass is 444 g/mol. The molecule has 0 N–H and O–H groups in total. The molecule has 30 heavy (non-hydrogen) atoms. The van der Waals surface area contributed by atoms with Crippen LogP contribution in [0.1, 0.15) is 12.0 Å². The third kappa shape index (κ3) is 5.63. The molecular formula is C21H21ClN4O3S. The Kier molecular flexibility index (Phi) is 7.15. The van der Waals surface area contributed by atoms with Crippen molar-refractivity contribution in [2.45, 2.75) is 6.42 Å². The molecule has 7 nitrogen and oxygen atoms in total. The third-order valence-corrected chi connectivity index (χ3v) is 5.62. The van der Waals surface area contributed by atoms with Crippen LogP contribution in [-0.2, 0) is 4.79 Å². The van der Waals surface area contributed by atoms with Gasteiger partial charge in [-0.1, -0.05) is 22.9 Å². The van der Waals surface area contributed by atoms with Crippen LogP contribution >= 0.6 is 22.9 Å². The molecule has 156 valence electrons. The summed E-state index contributed by atoms with van der Waals surface area (Å²) in [4.78, 5) is 31.6. The number of carbonyl (C=O) groups is 1. The molecule has 0 aliphatic heterocycles. The largest absolute Gasteiger partial charge is 0.309 e. The van der Waals surface area contributed by atoms with Crippen LogP contribution < -0.4 is 4.90 Å². The van der Waals surface area contributed by atoms with Crippen LogP contribution in [0.25, 0.3) is 16.3 Å². The number of hydrogen-bond donors (Lipinski definition) is 0. The molecular weight excluding hydrogens is 424 g/mol. The predicted molar refractivity (Wildman–Crippen MR) is 122 cm³/mol. The molecule has 0 atom stereocenters. The number of halogens is 1. The van der Waals surface area contributed by atoms with Crippen LogP contribution in [-0.4, -0.2) is 47.9 Å². The topological polar surface area (TPSA) is 79.6 Å². The summed E-state index contributed by atoms with van der Waals surface area (Å²) >= 11 is 7.50. The van der Waals surface area contributed by atoms with Gasteiger partial charge >= 0.3 is 0 Å². The number of carbonyl (C=O) groups excluding carboxylic acids is 1. The van der Waals surface area contributed by atoms with Crippen LogP contribution in [0, 0.1) is 10.1 Å². The molecule has 0 fully saturated rings. The summed E-state index contributed by atoms with van der Waals surface area (Å²) in [5, 5.41) is 12.0. The van der Waals surface area contributed by atoms with E-state index in [4.69, 9.17) is 11.6 Å². The quantitative estimate of drug-likeness (QED) is 0.281. The van der Waals surface area contributed by atoms with Gasteiger partial charge in [0.2, 0.25) is 0 Å². The van der Waals surface area contributed by atoms with Gasteiger partial charge in [0, 0.05) is 29.8 Å². The molecule has 0 radical (unpaired) electrons. The molecule has 3 rings (SSSR count). The number of aromatic nitrogens is 1. The number of amides is 1. The van der Waals surface area contributed by atoms with Gasteiger partial charge in [-0.05, 0) is 69.0 Å². The first-order chi connectivity index (χ1) is 14.3. The highest BCUT2D eigenvalue weighted by atomic mass is 35.5. The molecule has 1 aromatic heterocycles. The molecule has 3 aromatic rings. The molecule has 0 saturated heterocycles. The van der Waals surface area contributed by atoms with Crippen LogP contribution in [0.15, 0.2) is 48.5 Å². The van der Waals surface area contributed by atoms with Crippen molar-refractivity contribution in [1.82, 2.24) is 9.88 Å². The summed E-state index contributed by atoms with van der Waals surface area (Å²) in [5.74, 6) is -0.197. The Bertz CT molecular complexity index is 1080. The lowest BCUT2D eigenvalue weighted by atomic mass is 10.2. The van der Waals surface area contributed by atoms with Crippen molar-refractivity contribution >= 4 is 56.0 Å². The molecule has 0 bridgehead atoms. The minimum absolute atomic E-state index is 0.0110. The van der Waals surface area contributed by atoms with E-state index in [1.54, 1.807) is 29.2 Å². The molecule has 2 aromatic carbocycles. The van der Waals surface area contributed by atoms with Gasteiger partial charge in [0.15, 0.2) is 5.13 Å². The maximum atomic E-state index is 13.0. The number of thiazole rings is 1. The molecule has 0 aliphatic rings. The Labute approximate surface area is 183 Å². The van der Waals surface area contributed by atoms with Gasteiger partial charge in [0.1, 0.15) is 0 Å². The van der Waals surface area contributed by atoms with E-state index in [1.807, 2.05) is 26.2 Å². The first kappa shape index (κ1) is 21.9. The number of anilines is 1. The van der Waals surface area contributed by atoms with Crippen molar-refractivity contribution in [3.05, 3.63) is 69.2 Å². The number of hydrogen-bond acceptors (Lipinski definition) is 6. The summed E-state index contributed by atoms with van der Waals surface area (Å²) < 4.78 is 0.919. The maximum Gasteiger partial charge on any atom is 0.269 e. The number of nitro groups is 1. The van der Waals surface area contributed by atoms with E-state index < -0.39 is 4.92 Å². The summed E-state index contributed by atoms with van der Waals surface area (Å²) in [6.07, 6.45) is 3.91. The lowest BCUT2D eigenvalue weighted by Gasteiger charge is -2.19. The second-order valence-corrected chi connectivity index (χ2v) is 8.38. The second kappa shape index (κ2) is 9.80. The first-order valence-electron chi connectivity index (χ1n) is 9.28. The highest BCUT2D eigenvalue weighted by Gasteiger charge is 2.18. The molecule has 0 unspecified atom stereocenters. The fraction of sp³-hybridized carbons (Fsp3) is 0.238. The van der Waals surface area contributed by atoms with Gasteiger partial charge in [-0.15, -0.1) is 0 Å². The number of benzene rings is 2. The SMILES string of the molecule is CN(C)CCCN(C(=O)/C=C\c1ccc([N+](=O)[O-])cc1)c1nc2ccc(Cl)cc2s1. The summed E-state index contributed by atoms with van der Waals surface area (Å²) in [6, 6.07) is 11.5. The van der Waals surface area contributed by atoms with Gasteiger partial charge in [-0.2, -0.15) is 0 Å². The lowest BCUT2D eigenvalue weighted by molar-refractivity contribution is -0.384. The third-order valence-electron chi connectivity index (χ3n) is 4.35. The Morgan fingerprint density at radius 1 is 1.20 bits per heavy atom. The van der Waals surface area contributed by atoms with E-state index in [2.05, 4.69) is 9.88 Å². The molecule has 1 amide bonds. The van der Waals surface area contributed by atoms with Crippen molar-refractivity contribution < 1.29 is 9.72 Å². The van der Waals surface area contributed by atoms with E-state index in [0.29, 0.717) is 22.3 Å². The number of nitro benzene ring substituents is 1. The number of non-ortho nitro benzene ring substituents is 1. The van der Waals surface area contributed by atoms with Crippen LogP contribution in [0.3, 0.4) is 0 Å². The van der Waals surface area contributed by atoms with Gasteiger partial charge in [0.25, 0.3) is 11.6 Å². The Hall–Kier alpha value is -2.81. The zero-order valence-corrected chi connectivity index (χ0v) is 18.2. The average molecular weight is 445 g/mol. The van der Waals surface area contributed by atoms with E-state index in [9.17, 15) is 14.9 Å². The Morgan fingerprint density at radius 2 is 1.93 bits per heavy atom. The van der Waals surface area contributed by atoms with Crippen molar-refractivity contribution in [2.75, 3.05) is 32.1 Å². The van der Waals surface area contributed by atoms with E-state index >= 15 is 0 Å². The fourth-order valence-electron chi connectivity index (χ4n) is 2.81.